The predicted octanol–water partition coefficient (Wildman–Crippen LogP) is 3.79. The Hall–Kier alpha value is -2.23. The molecule has 0 saturated heterocycles. The van der Waals surface area contributed by atoms with E-state index in [4.69, 9.17) is 0 Å². The van der Waals surface area contributed by atoms with Crippen molar-refractivity contribution in [2.75, 3.05) is 0 Å². The van der Waals surface area contributed by atoms with Crippen LogP contribution in [0.1, 0.15) is 37.4 Å². The number of carbonyl (C=O) groups is 2. The van der Waals surface area contributed by atoms with Gasteiger partial charge in [0.2, 0.25) is 0 Å². The first-order valence-corrected chi connectivity index (χ1v) is 8.54. The Morgan fingerprint density at radius 2 is 1.61 bits per heavy atom. The number of rotatable bonds is 4. The van der Waals surface area contributed by atoms with Crippen LogP contribution in [0.25, 0.3) is 0 Å². The summed E-state index contributed by atoms with van der Waals surface area (Å²) in [4.78, 5) is 34.1. The molecule has 0 aromatic heterocycles. The van der Waals surface area contributed by atoms with Crippen LogP contribution in [0.2, 0.25) is 0 Å². The maximum absolute atomic E-state index is 12.1. The zero-order valence-electron chi connectivity index (χ0n) is 13.1. The van der Waals surface area contributed by atoms with Gasteiger partial charge in [-0.05, 0) is 38.0 Å². The second-order valence-electron chi connectivity index (χ2n) is 5.32. The van der Waals surface area contributed by atoms with Gasteiger partial charge in [0.1, 0.15) is 0 Å². The molecule has 5 nitrogen and oxygen atoms in total. The summed E-state index contributed by atoms with van der Waals surface area (Å²) in [6.07, 6.45) is 0. The van der Waals surface area contributed by atoms with E-state index in [-0.39, 0.29) is 11.1 Å². The van der Waals surface area contributed by atoms with Gasteiger partial charge < -0.3 is 9.42 Å². The van der Waals surface area contributed by atoms with E-state index in [1.165, 1.54) is 18.2 Å². The van der Waals surface area contributed by atoms with Gasteiger partial charge in [-0.15, -0.1) is 0 Å². The van der Waals surface area contributed by atoms with E-state index in [2.05, 4.69) is 4.52 Å². The monoisotopic (exact) mass is 332 g/mol. The fraction of sp³-hybridized carbons (Fsp3) is 0.176. The molecule has 0 saturated carbocycles. The van der Waals surface area contributed by atoms with Gasteiger partial charge in [-0.2, -0.15) is 0 Å². The first-order valence-electron chi connectivity index (χ1n) is 6.97. The van der Waals surface area contributed by atoms with Crippen LogP contribution in [0.4, 0.5) is 0 Å². The van der Waals surface area contributed by atoms with Crippen LogP contribution in [0.15, 0.2) is 42.5 Å². The minimum atomic E-state index is -4.77. The van der Waals surface area contributed by atoms with E-state index in [9.17, 15) is 19.0 Å². The van der Waals surface area contributed by atoms with Crippen molar-refractivity contribution in [3.8, 4) is 0 Å². The molecule has 0 radical (unpaired) electrons. The van der Waals surface area contributed by atoms with Gasteiger partial charge in [0.15, 0.2) is 0 Å². The van der Waals surface area contributed by atoms with Gasteiger partial charge >= 0.3 is 13.6 Å². The molecule has 1 unspecified atom stereocenters. The molecule has 0 fully saturated rings. The summed E-state index contributed by atoms with van der Waals surface area (Å²) in [7, 11) is -4.77. The molecule has 2 aromatic carbocycles. The van der Waals surface area contributed by atoms with Crippen molar-refractivity contribution < 1.29 is 23.6 Å². The third-order valence-corrected chi connectivity index (χ3v) is 4.77. The van der Waals surface area contributed by atoms with E-state index in [0.717, 1.165) is 11.1 Å². The molecule has 2 aromatic rings. The first-order chi connectivity index (χ1) is 10.7. The topological polar surface area (TPSA) is 80.7 Å². The van der Waals surface area contributed by atoms with E-state index in [1.54, 1.807) is 25.1 Å². The summed E-state index contributed by atoms with van der Waals surface area (Å²) >= 11 is 0. The molecule has 1 N–H and O–H groups in total. The van der Waals surface area contributed by atoms with Gasteiger partial charge in [-0.3, -0.25) is 4.79 Å². The summed E-state index contributed by atoms with van der Waals surface area (Å²) in [5, 5.41) is 0. The van der Waals surface area contributed by atoms with Gasteiger partial charge in [0.05, 0.1) is 5.56 Å². The van der Waals surface area contributed by atoms with Crippen molar-refractivity contribution in [2.24, 2.45) is 0 Å². The molecule has 0 heterocycles. The lowest BCUT2D eigenvalue weighted by molar-refractivity contribution is 0.0699. The second-order valence-corrected chi connectivity index (χ2v) is 6.95. The normalized spacial score (nSPS) is 13.2. The Balaban J connectivity index is 2.25. The molecule has 0 aliphatic carbocycles. The highest BCUT2D eigenvalue weighted by molar-refractivity contribution is 7.72. The lowest BCUT2D eigenvalue weighted by atomic mass is 10.0. The van der Waals surface area contributed by atoms with Crippen LogP contribution in [0.5, 0.6) is 0 Å². The van der Waals surface area contributed by atoms with E-state index in [0.29, 0.717) is 5.56 Å². The maximum atomic E-state index is 12.1. The fourth-order valence-electron chi connectivity index (χ4n) is 2.03. The zero-order valence-corrected chi connectivity index (χ0v) is 14.0. The molecule has 0 aliphatic rings. The Kier molecular flexibility index (Phi) is 4.83. The van der Waals surface area contributed by atoms with Crippen molar-refractivity contribution in [3.05, 3.63) is 70.3 Å². The summed E-state index contributed by atoms with van der Waals surface area (Å²) in [5.41, 5.74) is 1.47. The average molecular weight is 332 g/mol. The number of hydrogen-bond donors (Lipinski definition) is 1. The highest BCUT2D eigenvalue weighted by Crippen LogP contribution is 2.46. The third kappa shape index (κ3) is 3.76. The highest BCUT2D eigenvalue weighted by Gasteiger charge is 2.36. The quantitative estimate of drug-likeness (QED) is 0.862. The fourth-order valence-corrected chi connectivity index (χ4v) is 2.92. The molecule has 0 amide bonds. The van der Waals surface area contributed by atoms with Gasteiger partial charge in [0, 0.05) is 5.56 Å². The van der Waals surface area contributed by atoms with Crippen molar-refractivity contribution in [1.82, 2.24) is 0 Å². The first kappa shape index (κ1) is 17.1. The molecule has 120 valence electrons. The number of aryl methyl sites for hydroxylation is 2. The lowest BCUT2D eigenvalue weighted by Crippen LogP contribution is -2.11. The van der Waals surface area contributed by atoms with Crippen LogP contribution >= 0.6 is 7.60 Å². The van der Waals surface area contributed by atoms with Crippen LogP contribution in [0.3, 0.4) is 0 Å². The highest BCUT2D eigenvalue weighted by atomic mass is 31.2. The average Bonchev–Trinajstić information content (AvgIpc) is 2.49. The summed E-state index contributed by atoms with van der Waals surface area (Å²) < 4.78 is 16.8. The van der Waals surface area contributed by atoms with Crippen LogP contribution in [0, 0.1) is 20.8 Å². The number of hydrogen-bond acceptors (Lipinski definition) is 4. The minimum Gasteiger partial charge on any atom is -0.383 e. The van der Waals surface area contributed by atoms with Crippen LogP contribution in [-0.4, -0.2) is 16.4 Å². The van der Waals surface area contributed by atoms with Crippen molar-refractivity contribution in [1.29, 1.82) is 0 Å². The summed E-state index contributed by atoms with van der Waals surface area (Å²) in [6.45, 7) is 5.34. The van der Waals surface area contributed by atoms with Crippen LogP contribution in [-0.2, 0) is 9.09 Å². The van der Waals surface area contributed by atoms with Gasteiger partial charge in [0.25, 0.3) is 5.52 Å². The second kappa shape index (κ2) is 6.49. The molecule has 2 rings (SSSR count). The third-order valence-electron chi connectivity index (χ3n) is 3.59. The SMILES string of the molecule is Cc1ccc(C(=O)P(=O)(O)OC(=O)c2cccc(C)c2C)cc1. The molecule has 1 atom stereocenters. The van der Waals surface area contributed by atoms with Gasteiger partial charge in [-0.25, -0.2) is 9.36 Å². The summed E-state index contributed by atoms with van der Waals surface area (Å²) in [5.74, 6) is -0.988. The van der Waals surface area contributed by atoms with E-state index < -0.39 is 19.1 Å². The Morgan fingerprint density at radius 1 is 1.00 bits per heavy atom. The van der Waals surface area contributed by atoms with E-state index >= 15 is 0 Å². The molecular weight excluding hydrogens is 315 g/mol. The van der Waals surface area contributed by atoms with Crippen LogP contribution < -0.4 is 0 Å². The standard InChI is InChI=1S/C17H17O5P/c1-11-7-9-14(10-8-11)17(19)23(20,21)22-16(18)15-6-4-5-12(2)13(15)3/h4-10H,1-3H3,(H,20,21). The zero-order chi connectivity index (χ0) is 17.2. The predicted molar refractivity (Wildman–Crippen MR) is 86.7 cm³/mol. The molecule has 0 aliphatic heterocycles. The number of benzene rings is 2. The van der Waals surface area contributed by atoms with E-state index in [1.807, 2.05) is 19.9 Å². The van der Waals surface area contributed by atoms with Gasteiger partial charge in [-0.1, -0.05) is 42.0 Å². The lowest BCUT2D eigenvalue weighted by Gasteiger charge is -2.13. The smallest absolute Gasteiger partial charge is 0.383 e. The summed E-state index contributed by atoms with van der Waals surface area (Å²) in [6, 6.07) is 11.1. The molecule has 0 spiro atoms. The molecule has 6 heteroatoms. The van der Waals surface area contributed by atoms with Crippen molar-refractivity contribution >= 4 is 19.1 Å². The maximum Gasteiger partial charge on any atom is 0.450 e. The Labute approximate surface area is 134 Å². The molecule has 0 bridgehead atoms. The molecular formula is C17H17O5P. The largest absolute Gasteiger partial charge is 0.450 e. The van der Waals surface area contributed by atoms with Crippen molar-refractivity contribution in [3.63, 3.8) is 0 Å². The number of carbonyl (C=O) groups excluding carboxylic acids is 2. The Bertz CT molecular complexity index is 808. The Morgan fingerprint density at radius 3 is 2.22 bits per heavy atom. The van der Waals surface area contributed by atoms with Crippen molar-refractivity contribution in [2.45, 2.75) is 20.8 Å². The minimum absolute atomic E-state index is 0.0233. The molecule has 23 heavy (non-hydrogen) atoms.